The second-order valence-corrected chi connectivity index (χ2v) is 7.27. The summed E-state index contributed by atoms with van der Waals surface area (Å²) >= 11 is 11.9. The molecule has 0 fully saturated rings. The van der Waals surface area contributed by atoms with Crippen LogP contribution in [0.3, 0.4) is 0 Å². The summed E-state index contributed by atoms with van der Waals surface area (Å²) in [6.07, 6.45) is 0. The van der Waals surface area contributed by atoms with Crippen LogP contribution in [0.1, 0.15) is 15.9 Å². The first kappa shape index (κ1) is 20.1. The molecule has 28 heavy (non-hydrogen) atoms. The van der Waals surface area contributed by atoms with E-state index in [-0.39, 0.29) is 5.91 Å². The van der Waals surface area contributed by atoms with Gasteiger partial charge in [0.15, 0.2) is 0 Å². The van der Waals surface area contributed by atoms with Gasteiger partial charge in [0.05, 0.1) is 10.0 Å². The van der Waals surface area contributed by atoms with Crippen molar-refractivity contribution < 1.29 is 9.53 Å². The van der Waals surface area contributed by atoms with E-state index in [1.165, 1.54) is 0 Å². The van der Waals surface area contributed by atoms with Crippen molar-refractivity contribution in [1.82, 2.24) is 0 Å². The minimum atomic E-state index is -0.197. The Bertz CT molecular complexity index is 973. The average molecular weight is 415 g/mol. The predicted octanol–water partition coefficient (Wildman–Crippen LogP) is 5.89. The maximum Gasteiger partial charge on any atom is 0.255 e. The molecule has 0 aromatic heterocycles. The van der Waals surface area contributed by atoms with Crippen molar-refractivity contribution in [2.45, 2.75) is 6.61 Å². The molecule has 0 radical (unpaired) electrons. The second kappa shape index (κ2) is 9.00. The molecule has 0 spiro atoms. The molecule has 3 rings (SSSR count). The highest BCUT2D eigenvalue weighted by atomic mass is 35.5. The predicted molar refractivity (Wildman–Crippen MR) is 116 cm³/mol. The van der Waals surface area contributed by atoms with Gasteiger partial charge in [-0.25, -0.2) is 0 Å². The number of benzene rings is 3. The zero-order valence-electron chi connectivity index (χ0n) is 15.6. The van der Waals surface area contributed by atoms with Gasteiger partial charge < -0.3 is 15.0 Å². The highest BCUT2D eigenvalue weighted by Gasteiger charge is 2.08. The average Bonchev–Trinajstić information content (AvgIpc) is 2.69. The van der Waals surface area contributed by atoms with Crippen molar-refractivity contribution in [3.63, 3.8) is 0 Å². The van der Waals surface area contributed by atoms with Crippen LogP contribution in [-0.2, 0) is 6.61 Å². The number of hydrogen-bond donors (Lipinski definition) is 1. The summed E-state index contributed by atoms with van der Waals surface area (Å²) in [5.74, 6) is 0.402. The SMILES string of the molecule is CN(C)c1ccc(NC(=O)c2cccc(OCc3ccc(Cl)c(Cl)c3)c2)cc1. The van der Waals surface area contributed by atoms with Gasteiger partial charge in [-0.1, -0.05) is 35.3 Å². The third-order valence-electron chi connectivity index (χ3n) is 4.13. The monoisotopic (exact) mass is 414 g/mol. The van der Waals surface area contributed by atoms with E-state index in [1.807, 2.05) is 49.3 Å². The summed E-state index contributed by atoms with van der Waals surface area (Å²) < 4.78 is 5.78. The van der Waals surface area contributed by atoms with E-state index in [1.54, 1.807) is 36.4 Å². The molecule has 0 saturated heterocycles. The van der Waals surface area contributed by atoms with Crippen LogP contribution in [0.15, 0.2) is 66.7 Å². The van der Waals surface area contributed by atoms with Crippen LogP contribution in [0.4, 0.5) is 11.4 Å². The number of carbonyl (C=O) groups is 1. The lowest BCUT2D eigenvalue weighted by Gasteiger charge is -2.13. The Kier molecular flexibility index (Phi) is 6.45. The van der Waals surface area contributed by atoms with E-state index >= 15 is 0 Å². The van der Waals surface area contributed by atoms with Gasteiger partial charge in [0.25, 0.3) is 5.91 Å². The lowest BCUT2D eigenvalue weighted by atomic mass is 10.2. The fourth-order valence-electron chi connectivity index (χ4n) is 2.57. The number of rotatable bonds is 6. The van der Waals surface area contributed by atoms with Gasteiger partial charge in [-0.05, 0) is 60.2 Å². The molecule has 144 valence electrons. The highest BCUT2D eigenvalue weighted by molar-refractivity contribution is 6.42. The molecule has 3 aromatic rings. The molecule has 0 aliphatic heterocycles. The molecule has 0 bridgehead atoms. The molecule has 3 aromatic carbocycles. The second-order valence-electron chi connectivity index (χ2n) is 6.46. The van der Waals surface area contributed by atoms with Gasteiger partial charge in [-0.2, -0.15) is 0 Å². The molecular formula is C22H20Cl2N2O2. The first-order valence-corrected chi connectivity index (χ1v) is 9.43. The summed E-state index contributed by atoms with van der Waals surface area (Å²) in [7, 11) is 3.94. The lowest BCUT2D eigenvalue weighted by Crippen LogP contribution is -2.12. The van der Waals surface area contributed by atoms with Gasteiger partial charge in [0.2, 0.25) is 0 Å². The quantitative estimate of drug-likeness (QED) is 0.546. The fourth-order valence-corrected chi connectivity index (χ4v) is 2.89. The molecule has 1 amide bonds. The van der Waals surface area contributed by atoms with E-state index in [2.05, 4.69) is 5.32 Å². The van der Waals surface area contributed by atoms with Crippen molar-refractivity contribution in [1.29, 1.82) is 0 Å². The Balaban J connectivity index is 1.64. The molecule has 6 heteroatoms. The van der Waals surface area contributed by atoms with Crippen LogP contribution >= 0.6 is 23.2 Å². The fraction of sp³-hybridized carbons (Fsp3) is 0.136. The number of nitrogens with zero attached hydrogens (tertiary/aromatic N) is 1. The third-order valence-corrected chi connectivity index (χ3v) is 4.87. The number of carbonyl (C=O) groups excluding carboxylic acids is 1. The van der Waals surface area contributed by atoms with Crippen molar-refractivity contribution in [3.05, 3.63) is 87.9 Å². The molecule has 0 saturated carbocycles. The minimum Gasteiger partial charge on any atom is -0.489 e. The van der Waals surface area contributed by atoms with Gasteiger partial charge in [0.1, 0.15) is 12.4 Å². The first-order chi connectivity index (χ1) is 13.4. The number of ether oxygens (including phenoxy) is 1. The zero-order valence-corrected chi connectivity index (χ0v) is 17.1. The van der Waals surface area contributed by atoms with Crippen LogP contribution in [-0.4, -0.2) is 20.0 Å². The smallest absolute Gasteiger partial charge is 0.255 e. The standard InChI is InChI=1S/C22H20Cl2N2O2/c1-26(2)18-9-7-17(8-10-18)25-22(27)16-4-3-5-19(13-16)28-14-15-6-11-20(23)21(24)12-15/h3-13H,14H2,1-2H3,(H,25,27). The number of anilines is 2. The van der Waals surface area contributed by atoms with Gasteiger partial charge in [-0.3, -0.25) is 4.79 Å². The summed E-state index contributed by atoms with van der Waals surface area (Å²) in [6, 6.07) is 20.0. The Morgan fingerprint density at radius 3 is 2.39 bits per heavy atom. The van der Waals surface area contributed by atoms with E-state index in [0.29, 0.717) is 28.0 Å². The Hall–Kier alpha value is -2.69. The van der Waals surface area contributed by atoms with Crippen molar-refractivity contribution in [3.8, 4) is 5.75 Å². The first-order valence-electron chi connectivity index (χ1n) is 8.68. The number of nitrogens with one attached hydrogen (secondary N) is 1. The summed E-state index contributed by atoms with van der Waals surface area (Å²) in [4.78, 5) is 14.5. The van der Waals surface area contributed by atoms with Crippen LogP contribution < -0.4 is 15.0 Å². The third kappa shape index (κ3) is 5.18. The Morgan fingerprint density at radius 2 is 1.71 bits per heavy atom. The largest absolute Gasteiger partial charge is 0.489 e. The Morgan fingerprint density at radius 1 is 0.964 bits per heavy atom. The van der Waals surface area contributed by atoms with Crippen LogP contribution in [0, 0.1) is 0 Å². The van der Waals surface area contributed by atoms with E-state index in [9.17, 15) is 4.79 Å². The van der Waals surface area contributed by atoms with E-state index in [0.717, 1.165) is 16.9 Å². The number of hydrogen-bond acceptors (Lipinski definition) is 3. The molecule has 0 heterocycles. The van der Waals surface area contributed by atoms with Crippen molar-refractivity contribution >= 4 is 40.5 Å². The van der Waals surface area contributed by atoms with Gasteiger partial charge >= 0.3 is 0 Å². The maximum atomic E-state index is 12.5. The number of halogens is 2. The van der Waals surface area contributed by atoms with E-state index in [4.69, 9.17) is 27.9 Å². The maximum absolute atomic E-state index is 12.5. The normalized spacial score (nSPS) is 10.4. The molecule has 0 atom stereocenters. The van der Waals surface area contributed by atoms with Crippen molar-refractivity contribution in [2.75, 3.05) is 24.3 Å². The minimum absolute atomic E-state index is 0.197. The molecule has 0 unspecified atom stereocenters. The molecule has 0 aliphatic rings. The zero-order chi connectivity index (χ0) is 20.1. The van der Waals surface area contributed by atoms with Crippen LogP contribution in [0.25, 0.3) is 0 Å². The Labute approximate surface area is 174 Å². The van der Waals surface area contributed by atoms with Gasteiger partial charge in [-0.15, -0.1) is 0 Å². The number of amides is 1. The summed E-state index contributed by atoms with van der Waals surface area (Å²) in [5, 5.41) is 3.88. The van der Waals surface area contributed by atoms with Crippen molar-refractivity contribution in [2.24, 2.45) is 0 Å². The molecular weight excluding hydrogens is 395 g/mol. The highest BCUT2D eigenvalue weighted by Crippen LogP contribution is 2.24. The van der Waals surface area contributed by atoms with Gasteiger partial charge in [0, 0.05) is 31.0 Å². The van der Waals surface area contributed by atoms with E-state index < -0.39 is 0 Å². The summed E-state index contributed by atoms with van der Waals surface area (Å²) in [6.45, 7) is 0.327. The summed E-state index contributed by atoms with van der Waals surface area (Å²) in [5.41, 5.74) is 3.21. The lowest BCUT2D eigenvalue weighted by molar-refractivity contribution is 0.102. The molecule has 4 nitrogen and oxygen atoms in total. The molecule has 1 N–H and O–H groups in total. The van der Waals surface area contributed by atoms with Crippen LogP contribution in [0.5, 0.6) is 5.75 Å². The topological polar surface area (TPSA) is 41.6 Å². The van der Waals surface area contributed by atoms with Crippen LogP contribution in [0.2, 0.25) is 10.0 Å². The molecule has 0 aliphatic carbocycles.